The van der Waals surface area contributed by atoms with Crippen LogP contribution in [0.4, 0.5) is 0 Å². The van der Waals surface area contributed by atoms with Crippen LogP contribution >= 0.6 is 15.9 Å². The minimum absolute atomic E-state index is 0.393. The van der Waals surface area contributed by atoms with Crippen LogP contribution in [0.2, 0.25) is 0 Å². The van der Waals surface area contributed by atoms with E-state index in [1.807, 2.05) is 18.2 Å². The summed E-state index contributed by atoms with van der Waals surface area (Å²) in [4.78, 5) is 0. The van der Waals surface area contributed by atoms with Gasteiger partial charge in [0.2, 0.25) is 0 Å². The standard InChI is InChI=1S/C12H17BrN2O3S/c1-18-11-4-3-10(12(13)9-11)5-6-14-19(16,17)15-7-2-8-15/h3-4,9,14H,2,5-8H2,1H3. The zero-order valence-corrected chi connectivity index (χ0v) is 13.1. The lowest BCUT2D eigenvalue weighted by Crippen LogP contribution is -2.48. The Morgan fingerprint density at radius 1 is 1.42 bits per heavy atom. The third-order valence-corrected chi connectivity index (χ3v) is 5.45. The number of methoxy groups -OCH3 is 1. The zero-order valence-electron chi connectivity index (χ0n) is 10.7. The van der Waals surface area contributed by atoms with Gasteiger partial charge in [-0.15, -0.1) is 0 Å². The monoisotopic (exact) mass is 348 g/mol. The van der Waals surface area contributed by atoms with Gasteiger partial charge in [0.1, 0.15) is 5.75 Å². The Bertz CT molecular complexity index is 544. The molecule has 2 rings (SSSR count). The number of rotatable bonds is 6. The highest BCUT2D eigenvalue weighted by molar-refractivity contribution is 9.10. The molecule has 1 aromatic carbocycles. The van der Waals surface area contributed by atoms with Crippen molar-refractivity contribution in [3.8, 4) is 5.75 Å². The van der Waals surface area contributed by atoms with Gasteiger partial charge in [0.05, 0.1) is 7.11 Å². The summed E-state index contributed by atoms with van der Waals surface area (Å²) in [6.45, 7) is 1.65. The molecule has 1 saturated heterocycles. The third-order valence-electron chi connectivity index (χ3n) is 3.09. The zero-order chi connectivity index (χ0) is 13.9. The van der Waals surface area contributed by atoms with E-state index >= 15 is 0 Å². The summed E-state index contributed by atoms with van der Waals surface area (Å²) in [6.07, 6.45) is 1.59. The molecule has 1 N–H and O–H groups in total. The van der Waals surface area contributed by atoms with Crippen molar-refractivity contribution in [1.29, 1.82) is 0 Å². The lowest BCUT2D eigenvalue weighted by atomic mass is 10.1. The number of benzene rings is 1. The van der Waals surface area contributed by atoms with E-state index in [2.05, 4.69) is 20.7 Å². The van der Waals surface area contributed by atoms with Gasteiger partial charge in [0, 0.05) is 24.1 Å². The molecule has 1 fully saturated rings. The predicted molar refractivity (Wildman–Crippen MR) is 77.5 cm³/mol. The van der Waals surface area contributed by atoms with Crippen molar-refractivity contribution in [2.45, 2.75) is 12.8 Å². The maximum absolute atomic E-state index is 11.8. The molecule has 0 bridgehead atoms. The average molecular weight is 349 g/mol. The summed E-state index contributed by atoms with van der Waals surface area (Å²) >= 11 is 3.45. The first-order chi connectivity index (χ1) is 9.03. The second-order valence-corrected chi connectivity index (χ2v) is 6.97. The van der Waals surface area contributed by atoms with Gasteiger partial charge in [-0.25, -0.2) is 4.72 Å². The first kappa shape index (κ1) is 14.8. The van der Waals surface area contributed by atoms with E-state index in [-0.39, 0.29) is 0 Å². The van der Waals surface area contributed by atoms with E-state index in [1.54, 1.807) is 7.11 Å². The lowest BCUT2D eigenvalue weighted by molar-refractivity contribution is 0.305. The molecule has 0 aromatic heterocycles. The van der Waals surface area contributed by atoms with Crippen LogP contribution in [0.5, 0.6) is 5.75 Å². The fourth-order valence-corrected chi connectivity index (χ4v) is 3.63. The van der Waals surface area contributed by atoms with Crippen LogP contribution in [0.25, 0.3) is 0 Å². The molecule has 1 aliphatic rings. The first-order valence-electron chi connectivity index (χ1n) is 6.10. The second kappa shape index (κ2) is 6.21. The third kappa shape index (κ3) is 3.68. The van der Waals surface area contributed by atoms with Crippen molar-refractivity contribution in [2.24, 2.45) is 0 Å². The molecule has 5 nitrogen and oxygen atoms in total. The molecular weight excluding hydrogens is 332 g/mol. The minimum atomic E-state index is -3.28. The Kier molecular flexibility index (Phi) is 4.83. The normalized spacial score (nSPS) is 16.1. The van der Waals surface area contributed by atoms with Crippen LogP contribution in [-0.2, 0) is 16.6 Å². The molecule has 19 heavy (non-hydrogen) atoms. The van der Waals surface area contributed by atoms with Gasteiger partial charge in [-0.05, 0) is 30.5 Å². The molecule has 7 heteroatoms. The molecule has 1 aromatic rings. The Hall–Kier alpha value is -0.630. The first-order valence-corrected chi connectivity index (χ1v) is 8.33. The summed E-state index contributed by atoms with van der Waals surface area (Å²) in [6, 6.07) is 5.67. The Morgan fingerprint density at radius 3 is 2.68 bits per heavy atom. The summed E-state index contributed by atoms with van der Waals surface area (Å²) in [5.41, 5.74) is 1.05. The van der Waals surface area contributed by atoms with Crippen molar-refractivity contribution >= 4 is 26.1 Å². The molecule has 0 amide bonds. The molecule has 0 unspecified atom stereocenters. The molecule has 0 atom stereocenters. The van der Waals surface area contributed by atoms with Gasteiger partial charge in [-0.2, -0.15) is 12.7 Å². The van der Waals surface area contributed by atoms with E-state index in [9.17, 15) is 8.42 Å². The maximum atomic E-state index is 11.8. The molecule has 1 heterocycles. The fraction of sp³-hybridized carbons (Fsp3) is 0.500. The number of hydrogen-bond acceptors (Lipinski definition) is 3. The quantitative estimate of drug-likeness (QED) is 0.848. The van der Waals surface area contributed by atoms with Crippen LogP contribution in [0.15, 0.2) is 22.7 Å². The van der Waals surface area contributed by atoms with Crippen molar-refractivity contribution in [3.05, 3.63) is 28.2 Å². The van der Waals surface area contributed by atoms with Gasteiger partial charge in [0.15, 0.2) is 0 Å². The molecule has 1 aliphatic heterocycles. The highest BCUT2D eigenvalue weighted by Gasteiger charge is 2.26. The van der Waals surface area contributed by atoms with Gasteiger partial charge in [-0.1, -0.05) is 22.0 Å². The molecule has 106 valence electrons. The highest BCUT2D eigenvalue weighted by Crippen LogP contribution is 2.23. The largest absolute Gasteiger partial charge is 0.497 e. The van der Waals surface area contributed by atoms with Crippen molar-refractivity contribution in [3.63, 3.8) is 0 Å². The molecule has 0 aliphatic carbocycles. The smallest absolute Gasteiger partial charge is 0.279 e. The number of nitrogens with zero attached hydrogens (tertiary/aromatic N) is 1. The van der Waals surface area contributed by atoms with Gasteiger partial charge >= 0.3 is 0 Å². The van der Waals surface area contributed by atoms with E-state index < -0.39 is 10.2 Å². The van der Waals surface area contributed by atoms with E-state index in [0.717, 1.165) is 22.2 Å². The van der Waals surface area contributed by atoms with Crippen LogP contribution in [0, 0.1) is 0 Å². The maximum Gasteiger partial charge on any atom is 0.279 e. The van der Waals surface area contributed by atoms with Crippen molar-refractivity contribution in [2.75, 3.05) is 26.7 Å². The molecule has 0 radical (unpaired) electrons. The predicted octanol–water partition coefficient (Wildman–Crippen LogP) is 1.54. The second-order valence-electron chi connectivity index (χ2n) is 4.36. The van der Waals surface area contributed by atoms with E-state index in [0.29, 0.717) is 26.1 Å². The molecule has 0 saturated carbocycles. The number of halogens is 1. The molecular formula is C12H17BrN2O3S. The Labute approximate surface area is 122 Å². The van der Waals surface area contributed by atoms with Gasteiger partial charge in [0.25, 0.3) is 10.2 Å². The van der Waals surface area contributed by atoms with Crippen LogP contribution in [0.3, 0.4) is 0 Å². The number of hydrogen-bond donors (Lipinski definition) is 1. The van der Waals surface area contributed by atoms with Gasteiger partial charge < -0.3 is 4.74 Å². The average Bonchev–Trinajstić information content (AvgIpc) is 2.28. The van der Waals surface area contributed by atoms with Crippen LogP contribution in [0.1, 0.15) is 12.0 Å². The van der Waals surface area contributed by atoms with Crippen molar-refractivity contribution < 1.29 is 13.2 Å². The Balaban J connectivity index is 1.89. The summed E-state index contributed by atoms with van der Waals surface area (Å²) in [5.74, 6) is 0.775. The summed E-state index contributed by atoms with van der Waals surface area (Å²) in [5, 5.41) is 0. The minimum Gasteiger partial charge on any atom is -0.497 e. The summed E-state index contributed by atoms with van der Waals surface area (Å²) < 4.78 is 33.6. The molecule has 0 spiro atoms. The van der Waals surface area contributed by atoms with Crippen molar-refractivity contribution in [1.82, 2.24) is 9.03 Å². The van der Waals surface area contributed by atoms with Gasteiger partial charge in [-0.3, -0.25) is 0 Å². The lowest BCUT2D eigenvalue weighted by Gasteiger charge is -2.29. The highest BCUT2D eigenvalue weighted by atomic mass is 79.9. The Morgan fingerprint density at radius 2 is 2.16 bits per heavy atom. The topological polar surface area (TPSA) is 58.6 Å². The number of ether oxygens (including phenoxy) is 1. The van der Waals surface area contributed by atoms with E-state index in [1.165, 1.54) is 4.31 Å². The SMILES string of the molecule is COc1ccc(CCNS(=O)(=O)N2CCC2)c(Br)c1. The fourth-order valence-electron chi connectivity index (χ4n) is 1.79. The van der Waals surface area contributed by atoms with Crippen LogP contribution < -0.4 is 9.46 Å². The van der Waals surface area contributed by atoms with Crippen LogP contribution in [-0.4, -0.2) is 39.5 Å². The van der Waals surface area contributed by atoms with E-state index in [4.69, 9.17) is 4.74 Å². The number of nitrogens with one attached hydrogen (secondary N) is 1. The summed E-state index contributed by atoms with van der Waals surface area (Å²) in [7, 11) is -1.66.